The molecule has 3 heterocycles. The minimum Gasteiger partial charge on any atom is -0.461 e. The van der Waals surface area contributed by atoms with Crippen molar-refractivity contribution in [3.8, 4) is 5.69 Å². The number of amides is 1. The molecular formula is C19H18ClN3O3. The van der Waals surface area contributed by atoms with Gasteiger partial charge in [0.05, 0.1) is 29.6 Å². The number of esters is 1. The lowest BCUT2D eigenvalue weighted by Crippen LogP contribution is -2.30. The van der Waals surface area contributed by atoms with E-state index in [0.717, 1.165) is 31.4 Å². The molecule has 5 rings (SSSR count). The number of rotatable bonds is 3. The highest BCUT2D eigenvalue weighted by atomic mass is 35.5. The second-order valence-electron chi connectivity index (χ2n) is 7.21. The molecule has 2 fully saturated rings. The molecule has 0 spiro atoms. The van der Waals surface area contributed by atoms with Gasteiger partial charge in [-0.15, -0.1) is 0 Å². The van der Waals surface area contributed by atoms with E-state index in [4.69, 9.17) is 16.3 Å². The normalized spacial score (nSPS) is 21.0. The molecule has 1 atom stereocenters. The van der Waals surface area contributed by atoms with E-state index in [0.29, 0.717) is 41.0 Å². The number of fused-ring (bicyclic) bond motifs is 5. The van der Waals surface area contributed by atoms with Crippen LogP contribution in [-0.2, 0) is 4.74 Å². The highest BCUT2D eigenvalue weighted by molar-refractivity contribution is 6.31. The third-order valence-electron chi connectivity index (χ3n) is 5.42. The van der Waals surface area contributed by atoms with Crippen molar-refractivity contribution in [2.24, 2.45) is 5.92 Å². The Hall–Kier alpha value is -2.34. The number of hydrogen-bond acceptors (Lipinski definition) is 4. The second-order valence-corrected chi connectivity index (χ2v) is 7.64. The fourth-order valence-corrected chi connectivity index (χ4v) is 4.08. The topological polar surface area (TPSA) is 64.4 Å². The van der Waals surface area contributed by atoms with Gasteiger partial charge in [-0.3, -0.25) is 9.36 Å². The number of carbonyl (C=O) groups excluding carboxylic acids is 2. The Morgan fingerprint density at radius 3 is 2.96 bits per heavy atom. The van der Waals surface area contributed by atoms with E-state index in [1.807, 2.05) is 15.5 Å². The minimum atomic E-state index is -0.401. The maximum Gasteiger partial charge on any atom is 0.358 e. The smallest absolute Gasteiger partial charge is 0.358 e. The van der Waals surface area contributed by atoms with Crippen LogP contribution >= 0.6 is 11.6 Å². The Labute approximate surface area is 155 Å². The molecule has 2 aromatic rings. The lowest BCUT2D eigenvalue weighted by Gasteiger charge is -2.22. The van der Waals surface area contributed by atoms with E-state index in [1.54, 1.807) is 18.5 Å². The first-order chi connectivity index (χ1) is 12.6. The van der Waals surface area contributed by atoms with Gasteiger partial charge < -0.3 is 9.64 Å². The fourth-order valence-electron chi connectivity index (χ4n) is 3.91. The maximum atomic E-state index is 13.1. The Morgan fingerprint density at radius 2 is 2.15 bits per heavy atom. The zero-order valence-corrected chi connectivity index (χ0v) is 14.9. The molecule has 0 bridgehead atoms. The summed E-state index contributed by atoms with van der Waals surface area (Å²) in [6.45, 7) is 1.11. The summed E-state index contributed by atoms with van der Waals surface area (Å²) in [5.41, 5.74) is 2.31. The molecule has 1 saturated carbocycles. The van der Waals surface area contributed by atoms with Crippen molar-refractivity contribution in [2.45, 2.75) is 31.7 Å². The molecule has 7 heteroatoms. The van der Waals surface area contributed by atoms with Crippen LogP contribution in [0.15, 0.2) is 24.5 Å². The lowest BCUT2D eigenvalue weighted by molar-refractivity contribution is 0.0473. The van der Waals surface area contributed by atoms with E-state index >= 15 is 0 Å². The summed E-state index contributed by atoms with van der Waals surface area (Å²) in [6, 6.07) is 5.08. The van der Waals surface area contributed by atoms with Gasteiger partial charge in [-0.05, 0) is 49.8 Å². The van der Waals surface area contributed by atoms with E-state index < -0.39 is 5.97 Å². The molecule has 1 aromatic carbocycles. The molecule has 1 aromatic heterocycles. The summed E-state index contributed by atoms with van der Waals surface area (Å²) in [7, 11) is 0. The van der Waals surface area contributed by atoms with Crippen molar-refractivity contribution in [1.29, 1.82) is 0 Å². The monoisotopic (exact) mass is 371 g/mol. The summed E-state index contributed by atoms with van der Waals surface area (Å²) in [4.78, 5) is 31.9. The van der Waals surface area contributed by atoms with E-state index in [-0.39, 0.29) is 11.9 Å². The van der Waals surface area contributed by atoms with Crippen molar-refractivity contribution >= 4 is 23.5 Å². The van der Waals surface area contributed by atoms with Gasteiger partial charge >= 0.3 is 5.97 Å². The van der Waals surface area contributed by atoms with Crippen LogP contribution in [0.2, 0.25) is 5.02 Å². The number of carbonyl (C=O) groups is 2. The molecule has 1 saturated heterocycles. The Bertz CT molecular complexity index is 919. The number of nitrogens with zero attached hydrogens (tertiary/aromatic N) is 3. The summed E-state index contributed by atoms with van der Waals surface area (Å²) in [5.74, 6) is 0.0426. The van der Waals surface area contributed by atoms with Crippen molar-refractivity contribution in [2.75, 3.05) is 13.2 Å². The number of ether oxygens (including phenoxy) is 1. The van der Waals surface area contributed by atoms with Gasteiger partial charge in [-0.2, -0.15) is 0 Å². The zero-order chi connectivity index (χ0) is 17.8. The molecule has 134 valence electrons. The predicted octanol–water partition coefficient (Wildman–Crippen LogP) is 3.38. The van der Waals surface area contributed by atoms with Crippen molar-refractivity contribution in [3.63, 3.8) is 0 Å². The van der Waals surface area contributed by atoms with Crippen LogP contribution < -0.4 is 0 Å². The lowest BCUT2D eigenvalue weighted by atomic mass is 10.1. The van der Waals surface area contributed by atoms with E-state index in [2.05, 4.69) is 4.98 Å². The number of benzene rings is 1. The summed E-state index contributed by atoms with van der Waals surface area (Å²) < 4.78 is 7.31. The first-order valence-electron chi connectivity index (χ1n) is 8.98. The van der Waals surface area contributed by atoms with Gasteiger partial charge in [0.2, 0.25) is 0 Å². The largest absolute Gasteiger partial charge is 0.461 e. The molecule has 26 heavy (non-hydrogen) atoms. The first-order valence-corrected chi connectivity index (χ1v) is 9.36. The molecule has 0 unspecified atom stereocenters. The van der Waals surface area contributed by atoms with Crippen molar-refractivity contribution in [3.05, 3.63) is 46.5 Å². The van der Waals surface area contributed by atoms with E-state index in [1.165, 1.54) is 0 Å². The standard InChI is InChI=1S/C19H18ClN3O3/c20-12-5-6-14-13(8-12)18(24)22-7-1-2-15(22)17-16(21-10-23(14)17)19(25)26-9-11-3-4-11/h5-6,8,10-11,15H,1-4,7,9H2/t15-/m0/s1. The number of halogens is 1. The zero-order valence-electron chi connectivity index (χ0n) is 14.2. The van der Waals surface area contributed by atoms with Crippen LogP contribution in [0.4, 0.5) is 0 Å². The van der Waals surface area contributed by atoms with E-state index in [9.17, 15) is 9.59 Å². The fraction of sp³-hybridized carbons (Fsp3) is 0.421. The second kappa shape index (κ2) is 5.84. The average molecular weight is 372 g/mol. The third kappa shape index (κ3) is 2.43. The average Bonchev–Trinajstić information content (AvgIpc) is 3.18. The number of aromatic nitrogens is 2. The van der Waals surface area contributed by atoms with Crippen LogP contribution in [0.25, 0.3) is 5.69 Å². The molecule has 1 aliphatic carbocycles. The van der Waals surface area contributed by atoms with Crippen molar-refractivity contribution in [1.82, 2.24) is 14.5 Å². The van der Waals surface area contributed by atoms with Gasteiger partial charge in [0, 0.05) is 11.6 Å². The van der Waals surface area contributed by atoms with Crippen LogP contribution in [-0.4, -0.2) is 39.5 Å². The Balaban J connectivity index is 1.63. The molecular weight excluding hydrogens is 354 g/mol. The van der Waals surface area contributed by atoms with Crippen molar-refractivity contribution < 1.29 is 14.3 Å². The quantitative estimate of drug-likeness (QED) is 0.776. The molecule has 0 N–H and O–H groups in total. The molecule has 6 nitrogen and oxygen atoms in total. The SMILES string of the molecule is O=C(OCC1CC1)c1ncn2c1[C@@H]1CCCN1C(=O)c1cc(Cl)ccc1-2. The summed E-state index contributed by atoms with van der Waals surface area (Å²) >= 11 is 6.13. The maximum absolute atomic E-state index is 13.1. The first kappa shape index (κ1) is 15.9. The van der Waals surface area contributed by atoms with Gasteiger partial charge in [0.1, 0.15) is 6.33 Å². The van der Waals surface area contributed by atoms with Crippen LogP contribution in [0, 0.1) is 5.92 Å². The molecule has 1 amide bonds. The number of hydrogen-bond donors (Lipinski definition) is 0. The highest BCUT2D eigenvalue weighted by Crippen LogP contribution is 2.40. The molecule has 2 aliphatic heterocycles. The number of imidazole rings is 1. The highest BCUT2D eigenvalue weighted by Gasteiger charge is 2.40. The molecule has 3 aliphatic rings. The van der Waals surface area contributed by atoms with Crippen LogP contribution in [0.3, 0.4) is 0 Å². The predicted molar refractivity (Wildman–Crippen MR) is 94.6 cm³/mol. The third-order valence-corrected chi connectivity index (χ3v) is 5.66. The van der Waals surface area contributed by atoms with Crippen LogP contribution in [0.5, 0.6) is 0 Å². The van der Waals surface area contributed by atoms with Gasteiger partial charge in [-0.1, -0.05) is 11.6 Å². The minimum absolute atomic E-state index is 0.0500. The van der Waals surface area contributed by atoms with Gasteiger partial charge in [0.25, 0.3) is 5.91 Å². The molecule has 0 radical (unpaired) electrons. The summed E-state index contributed by atoms with van der Waals surface area (Å²) in [6.07, 6.45) is 5.56. The van der Waals surface area contributed by atoms with Gasteiger partial charge in [-0.25, -0.2) is 9.78 Å². The van der Waals surface area contributed by atoms with Crippen LogP contribution in [0.1, 0.15) is 58.3 Å². The van der Waals surface area contributed by atoms with Gasteiger partial charge in [0.15, 0.2) is 5.69 Å². The Kier molecular flexibility index (Phi) is 3.57. The summed E-state index contributed by atoms with van der Waals surface area (Å²) in [5, 5.41) is 0.514. The Morgan fingerprint density at radius 1 is 1.31 bits per heavy atom.